The molecule has 2 aromatic rings. The lowest BCUT2D eigenvalue weighted by Crippen LogP contribution is -2.43. The molecule has 0 spiro atoms. The summed E-state index contributed by atoms with van der Waals surface area (Å²) < 4.78 is 51.0. The normalized spacial score (nSPS) is 15.2. The Kier molecular flexibility index (Phi) is 6.56. The first-order chi connectivity index (χ1) is 13.8. The number of pyridine rings is 1. The number of H-pyrrole nitrogens is 1. The minimum atomic E-state index is -4.38. The zero-order valence-electron chi connectivity index (χ0n) is 15.8. The van der Waals surface area contributed by atoms with Crippen molar-refractivity contribution in [3.05, 3.63) is 59.5 Å². The first kappa shape index (κ1) is 20.9. The second kappa shape index (κ2) is 9.11. The summed E-state index contributed by atoms with van der Waals surface area (Å²) in [5.41, 5.74) is 0.213. The molecular formula is C20H23F4N4O+. The molecule has 0 atom stereocenters. The number of urea groups is 1. The number of benzene rings is 1. The van der Waals surface area contributed by atoms with Gasteiger partial charge in [-0.2, -0.15) is 13.2 Å². The number of halogens is 4. The molecular weight excluding hydrogens is 388 g/mol. The number of aromatic nitrogens is 1. The van der Waals surface area contributed by atoms with Crippen LogP contribution in [0.5, 0.6) is 0 Å². The van der Waals surface area contributed by atoms with Gasteiger partial charge in [-0.05, 0) is 30.2 Å². The summed E-state index contributed by atoms with van der Waals surface area (Å²) in [6.45, 7) is 2.64. The number of rotatable bonds is 4. The lowest BCUT2D eigenvalue weighted by Gasteiger charge is -2.20. The lowest BCUT2D eigenvalue weighted by atomic mass is 10.1. The van der Waals surface area contributed by atoms with E-state index in [1.165, 1.54) is 18.2 Å². The fraction of sp³-hybridized carbons (Fsp3) is 0.400. The Balaban J connectivity index is 1.48. The van der Waals surface area contributed by atoms with Crippen LogP contribution in [0.2, 0.25) is 0 Å². The van der Waals surface area contributed by atoms with Crippen molar-refractivity contribution < 1.29 is 27.3 Å². The van der Waals surface area contributed by atoms with Crippen molar-refractivity contribution in [2.45, 2.75) is 19.0 Å². The van der Waals surface area contributed by atoms with E-state index in [0.29, 0.717) is 51.4 Å². The van der Waals surface area contributed by atoms with Crippen molar-refractivity contribution in [1.82, 2.24) is 10.2 Å². The molecule has 9 heteroatoms. The summed E-state index contributed by atoms with van der Waals surface area (Å²) in [6.07, 6.45) is -2.11. The molecule has 0 radical (unpaired) electrons. The number of alkyl halides is 3. The maximum Gasteiger partial charge on any atom is 0.419 e. The molecule has 3 rings (SSSR count). The molecule has 1 aromatic heterocycles. The van der Waals surface area contributed by atoms with Gasteiger partial charge in [0.05, 0.1) is 18.7 Å². The van der Waals surface area contributed by atoms with E-state index in [4.69, 9.17) is 0 Å². The Morgan fingerprint density at radius 3 is 2.45 bits per heavy atom. The minimum absolute atomic E-state index is 0.176. The van der Waals surface area contributed by atoms with E-state index in [1.54, 1.807) is 17.0 Å². The highest BCUT2D eigenvalue weighted by Crippen LogP contribution is 2.28. The highest BCUT2D eigenvalue weighted by Gasteiger charge is 2.32. The van der Waals surface area contributed by atoms with Gasteiger partial charge in [-0.3, -0.25) is 4.90 Å². The second-order valence-electron chi connectivity index (χ2n) is 6.90. The third-order valence-corrected chi connectivity index (χ3v) is 4.85. The third kappa shape index (κ3) is 5.82. The summed E-state index contributed by atoms with van der Waals surface area (Å²) in [5, 5.41) is 2.86. The number of carbonyl (C=O) groups is 1. The summed E-state index contributed by atoms with van der Waals surface area (Å²) in [6, 6.07) is 8.44. The maximum absolute atomic E-state index is 12.9. The molecule has 2 heterocycles. The molecule has 1 aliphatic rings. The Bertz CT molecular complexity index is 809. The molecule has 2 N–H and O–H groups in total. The predicted octanol–water partition coefficient (Wildman–Crippen LogP) is 3.12. The fourth-order valence-electron chi connectivity index (χ4n) is 3.23. The van der Waals surface area contributed by atoms with Crippen LogP contribution in [0.25, 0.3) is 0 Å². The minimum Gasteiger partial charge on any atom is -0.338 e. The Morgan fingerprint density at radius 1 is 1.03 bits per heavy atom. The first-order valence-electron chi connectivity index (χ1n) is 9.44. The number of nitrogens with zero attached hydrogens (tertiary/aromatic N) is 2. The third-order valence-electron chi connectivity index (χ3n) is 4.85. The fourth-order valence-corrected chi connectivity index (χ4v) is 3.23. The van der Waals surface area contributed by atoms with Crippen molar-refractivity contribution in [2.75, 3.05) is 37.6 Å². The van der Waals surface area contributed by atoms with Gasteiger partial charge in [-0.15, -0.1) is 0 Å². The van der Waals surface area contributed by atoms with Gasteiger partial charge < -0.3 is 10.2 Å². The Labute approximate surface area is 166 Å². The first-order valence-corrected chi connectivity index (χ1v) is 9.44. The van der Waals surface area contributed by atoms with Gasteiger partial charge >= 0.3 is 12.2 Å². The van der Waals surface area contributed by atoms with Crippen LogP contribution in [0.15, 0.2) is 42.6 Å². The predicted molar refractivity (Wildman–Crippen MR) is 99.9 cm³/mol. The molecule has 5 nitrogen and oxygen atoms in total. The van der Waals surface area contributed by atoms with Crippen molar-refractivity contribution in [3.8, 4) is 0 Å². The van der Waals surface area contributed by atoms with Crippen LogP contribution in [-0.4, -0.2) is 43.7 Å². The van der Waals surface area contributed by atoms with Gasteiger partial charge in [0.15, 0.2) is 0 Å². The van der Waals surface area contributed by atoms with E-state index in [2.05, 4.69) is 10.3 Å². The highest BCUT2D eigenvalue weighted by molar-refractivity contribution is 5.74. The molecule has 156 valence electrons. The van der Waals surface area contributed by atoms with Crippen LogP contribution in [-0.2, 0) is 12.6 Å². The molecule has 0 unspecified atom stereocenters. The lowest BCUT2D eigenvalue weighted by molar-refractivity contribution is -0.367. The Morgan fingerprint density at radius 2 is 1.79 bits per heavy atom. The van der Waals surface area contributed by atoms with Gasteiger partial charge in [0.25, 0.3) is 5.82 Å². The van der Waals surface area contributed by atoms with Gasteiger partial charge in [0.1, 0.15) is 18.6 Å². The van der Waals surface area contributed by atoms with Crippen LogP contribution in [0.3, 0.4) is 0 Å². The molecule has 0 aliphatic carbocycles. The van der Waals surface area contributed by atoms with E-state index in [9.17, 15) is 22.4 Å². The van der Waals surface area contributed by atoms with Crippen molar-refractivity contribution >= 4 is 11.8 Å². The van der Waals surface area contributed by atoms with Crippen molar-refractivity contribution in [2.24, 2.45) is 0 Å². The number of hydrogen-bond donors (Lipinski definition) is 1. The number of nitrogens with one attached hydrogen (secondary N) is 2. The molecule has 1 aromatic carbocycles. The number of hydrogen-bond acceptors (Lipinski definition) is 2. The maximum atomic E-state index is 12.9. The van der Waals surface area contributed by atoms with Crippen LogP contribution < -0.4 is 15.2 Å². The number of carbonyl (C=O) groups excluding carboxylic acids is 1. The van der Waals surface area contributed by atoms with E-state index in [0.717, 1.165) is 17.8 Å². The molecule has 1 aliphatic heterocycles. The monoisotopic (exact) mass is 411 g/mol. The smallest absolute Gasteiger partial charge is 0.338 e. The second-order valence-corrected chi connectivity index (χ2v) is 6.90. The topological polar surface area (TPSA) is 49.7 Å². The standard InChI is InChI=1S/C20H22F4N4O/c21-17-5-2-15(3-6-17)8-9-25-19(29)28-11-1-10-27(12-13-28)18-7-4-16(14-26-18)20(22,23)24/h2-7,14H,1,8-13H2,(H,25,29)/p+1. The highest BCUT2D eigenvalue weighted by atomic mass is 19.4. The van der Waals surface area contributed by atoms with Gasteiger partial charge in [0, 0.05) is 25.6 Å². The number of aromatic amines is 1. The molecule has 29 heavy (non-hydrogen) atoms. The largest absolute Gasteiger partial charge is 0.419 e. The van der Waals surface area contributed by atoms with Crippen molar-refractivity contribution in [1.29, 1.82) is 0 Å². The number of amides is 2. The zero-order valence-corrected chi connectivity index (χ0v) is 15.8. The van der Waals surface area contributed by atoms with E-state index < -0.39 is 11.7 Å². The summed E-state index contributed by atoms with van der Waals surface area (Å²) >= 11 is 0. The van der Waals surface area contributed by atoms with E-state index in [1.807, 2.05) is 4.90 Å². The molecule has 0 bridgehead atoms. The molecule has 1 saturated heterocycles. The molecule has 0 saturated carbocycles. The van der Waals surface area contributed by atoms with Crippen molar-refractivity contribution in [3.63, 3.8) is 0 Å². The van der Waals surface area contributed by atoms with Crippen LogP contribution in [0.1, 0.15) is 17.5 Å². The average Bonchev–Trinajstić information content (AvgIpc) is 2.95. The van der Waals surface area contributed by atoms with Crippen LogP contribution >= 0.6 is 0 Å². The molecule has 1 fully saturated rings. The quantitative estimate of drug-likeness (QED) is 0.786. The Hall–Kier alpha value is -2.84. The van der Waals surface area contributed by atoms with E-state index >= 15 is 0 Å². The van der Waals surface area contributed by atoms with Gasteiger partial charge in [0.2, 0.25) is 0 Å². The van der Waals surface area contributed by atoms with Crippen LogP contribution in [0.4, 0.5) is 28.2 Å². The summed E-state index contributed by atoms with van der Waals surface area (Å²) in [5.74, 6) is 0.300. The zero-order chi connectivity index (χ0) is 20.9. The SMILES string of the molecule is O=C(NCCc1ccc(F)cc1)N1CCCN(c2ccc(C(F)(F)F)c[nH+]2)CC1. The average molecular weight is 411 g/mol. The van der Waals surface area contributed by atoms with E-state index in [-0.39, 0.29) is 11.8 Å². The van der Waals surface area contributed by atoms with Crippen LogP contribution in [0, 0.1) is 5.82 Å². The summed E-state index contributed by atoms with van der Waals surface area (Å²) in [7, 11) is 0. The van der Waals surface area contributed by atoms with Gasteiger partial charge in [-0.1, -0.05) is 12.1 Å². The number of anilines is 1. The molecule has 2 amide bonds. The van der Waals surface area contributed by atoms with Gasteiger partial charge in [-0.25, -0.2) is 14.2 Å². The summed E-state index contributed by atoms with van der Waals surface area (Å²) in [4.78, 5) is 18.7.